The molecule has 1 heterocycles. The topological polar surface area (TPSA) is 102 Å². The van der Waals surface area contributed by atoms with Crippen molar-refractivity contribution < 1.29 is 24.3 Å². The van der Waals surface area contributed by atoms with Gasteiger partial charge in [0.25, 0.3) is 5.69 Å². The zero-order valence-electron chi connectivity index (χ0n) is 15.5. The Labute approximate surface area is 162 Å². The van der Waals surface area contributed by atoms with Gasteiger partial charge in [0.15, 0.2) is 11.5 Å². The monoisotopic (exact) mass is 386 g/mol. The van der Waals surface area contributed by atoms with Crippen LogP contribution >= 0.6 is 0 Å². The molecule has 0 bridgehead atoms. The number of rotatable bonds is 8. The number of nitro groups is 1. The minimum Gasteiger partial charge on any atom is -0.493 e. The van der Waals surface area contributed by atoms with Gasteiger partial charge in [0.05, 0.1) is 12.0 Å². The van der Waals surface area contributed by atoms with E-state index < -0.39 is 16.9 Å². The van der Waals surface area contributed by atoms with Crippen LogP contribution in [0, 0.1) is 10.1 Å². The fraction of sp³-hybridized carbons (Fsp3) is 0.350. The van der Waals surface area contributed by atoms with Crippen LogP contribution in [0.15, 0.2) is 42.5 Å². The van der Waals surface area contributed by atoms with Gasteiger partial charge in [-0.25, -0.2) is 0 Å². The average Bonchev–Trinajstić information content (AvgIpc) is 3.15. The third-order valence-electron chi connectivity index (χ3n) is 4.80. The van der Waals surface area contributed by atoms with Crippen LogP contribution in [0.25, 0.3) is 0 Å². The molecule has 8 nitrogen and oxygen atoms in total. The molecule has 0 spiro atoms. The SMILES string of the molecule is COc1cc(CN2CCC[C@H]2C(=O)O)ccc1OCc1ccc([N+](=O)[O-])cc1. The maximum atomic E-state index is 11.3. The number of aliphatic carboxylic acids is 1. The number of non-ortho nitro benzene ring substituents is 1. The molecule has 0 radical (unpaired) electrons. The summed E-state index contributed by atoms with van der Waals surface area (Å²) in [7, 11) is 1.55. The van der Waals surface area contributed by atoms with Crippen molar-refractivity contribution in [2.45, 2.75) is 32.0 Å². The minimum atomic E-state index is -0.785. The largest absolute Gasteiger partial charge is 0.493 e. The van der Waals surface area contributed by atoms with Crippen molar-refractivity contribution in [2.24, 2.45) is 0 Å². The summed E-state index contributed by atoms with van der Waals surface area (Å²) in [6.45, 7) is 1.55. The third kappa shape index (κ3) is 4.58. The van der Waals surface area contributed by atoms with Crippen LogP contribution in [0.2, 0.25) is 0 Å². The third-order valence-corrected chi connectivity index (χ3v) is 4.80. The van der Waals surface area contributed by atoms with Crippen LogP contribution in [0.1, 0.15) is 24.0 Å². The van der Waals surface area contributed by atoms with Crippen molar-refractivity contribution in [3.05, 3.63) is 63.7 Å². The lowest BCUT2D eigenvalue weighted by Crippen LogP contribution is -2.35. The molecule has 148 valence electrons. The molecule has 1 aliphatic rings. The van der Waals surface area contributed by atoms with Gasteiger partial charge in [-0.15, -0.1) is 0 Å². The van der Waals surface area contributed by atoms with E-state index in [-0.39, 0.29) is 12.3 Å². The van der Waals surface area contributed by atoms with E-state index in [0.717, 1.165) is 24.1 Å². The maximum absolute atomic E-state index is 11.3. The number of carboxylic acids is 1. The number of nitro benzene ring substituents is 1. The zero-order valence-corrected chi connectivity index (χ0v) is 15.5. The van der Waals surface area contributed by atoms with Gasteiger partial charge in [0.1, 0.15) is 12.6 Å². The number of hydrogen-bond donors (Lipinski definition) is 1. The van der Waals surface area contributed by atoms with E-state index in [4.69, 9.17) is 9.47 Å². The van der Waals surface area contributed by atoms with Crippen LogP contribution in [0.4, 0.5) is 5.69 Å². The Morgan fingerprint density at radius 3 is 2.57 bits per heavy atom. The second kappa shape index (κ2) is 8.71. The number of methoxy groups -OCH3 is 1. The normalized spacial score (nSPS) is 16.7. The van der Waals surface area contributed by atoms with E-state index in [2.05, 4.69) is 0 Å². The molecule has 1 fully saturated rings. The molecule has 2 aromatic rings. The Bertz CT molecular complexity index is 852. The van der Waals surface area contributed by atoms with Gasteiger partial charge in [-0.1, -0.05) is 6.07 Å². The molecular formula is C20H22N2O6. The standard InChI is InChI=1S/C20H22N2O6/c1-27-19-11-15(12-21-10-2-3-17(21)20(23)24)6-9-18(19)28-13-14-4-7-16(8-5-14)22(25)26/h4-9,11,17H,2-3,10,12-13H2,1H3,(H,23,24)/t17-/m0/s1. The minimum absolute atomic E-state index is 0.0345. The fourth-order valence-electron chi connectivity index (χ4n) is 3.33. The quantitative estimate of drug-likeness (QED) is 0.549. The highest BCUT2D eigenvalue weighted by Crippen LogP contribution is 2.30. The first-order chi connectivity index (χ1) is 13.5. The van der Waals surface area contributed by atoms with E-state index >= 15 is 0 Å². The van der Waals surface area contributed by atoms with Gasteiger partial charge in [-0.05, 0) is 54.8 Å². The number of benzene rings is 2. The number of hydrogen-bond acceptors (Lipinski definition) is 6. The van der Waals surface area contributed by atoms with E-state index in [1.54, 1.807) is 25.3 Å². The van der Waals surface area contributed by atoms with Crippen LogP contribution in [-0.4, -0.2) is 40.6 Å². The second-order valence-corrected chi connectivity index (χ2v) is 6.66. The van der Waals surface area contributed by atoms with Gasteiger partial charge < -0.3 is 14.6 Å². The maximum Gasteiger partial charge on any atom is 0.320 e. The highest BCUT2D eigenvalue weighted by molar-refractivity contribution is 5.73. The van der Waals surface area contributed by atoms with Gasteiger partial charge >= 0.3 is 5.97 Å². The van der Waals surface area contributed by atoms with Crippen molar-refractivity contribution in [3.8, 4) is 11.5 Å². The summed E-state index contributed by atoms with van der Waals surface area (Å²) >= 11 is 0. The van der Waals surface area contributed by atoms with E-state index in [9.17, 15) is 20.0 Å². The average molecular weight is 386 g/mol. The van der Waals surface area contributed by atoms with Crippen molar-refractivity contribution >= 4 is 11.7 Å². The van der Waals surface area contributed by atoms with Crippen LogP contribution in [-0.2, 0) is 17.9 Å². The van der Waals surface area contributed by atoms with Crippen molar-refractivity contribution in [1.82, 2.24) is 4.90 Å². The first kappa shape index (κ1) is 19.6. The molecule has 0 amide bonds. The summed E-state index contributed by atoms with van der Waals surface area (Å²) in [5, 5.41) is 20.0. The first-order valence-electron chi connectivity index (χ1n) is 8.98. The lowest BCUT2D eigenvalue weighted by molar-refractivity contribution is -0.384. The Kier molecular flexibility index (Phi) is 6.10. The summed E-state index contributed by atoms with van der Waals surface area (Å²) < 4.78 is 11.2. The van der Waals surface area contributed by atoms with E-state index in [1.807, 2.05) is 17.0 Å². The van der Waals surface area contributed by atoms with Gasteiger partial charge in [-0.2, -0.15) is 0 Å². The fourth-order valence-corrected chi connectivity index (χ4v) is 3.33. The number of likely N-dealkylation sites (tertiary alicyclic amines) is 1. The zero-order chi connectivity index (χ0) is 20.1. The van der Waals surface area contributed by atoms with Gasteiger partial charge in [0.2, 0.25) is 0 Å². The molecule has 3 rings (SSSR count). The number of nitrogens with zero attached hydrogens (tertiary/aromatic N) is 2. The Hall–Kier alpha value is -3.13. The van der Waals surface area contributed by atoms with E-state index in [1.165, 1.54) is 12.1 Å². The lowest BCUT2D eigenvalue weighted by atomic mass is 10.1. The van der Waals surface area contributed by atoms with Crippen LogP contribution in [0.5, 0.6) is 11.5 Å². The highest BCUT2D eigenvalue weighted by Gasteiger charge is 2.30. The smallest absolute Gasteiger partial charge is 0.320 e. The highest BCUT2D eigenvalue weighted by atomic mass is 16.6. The Morgan fingerprint density at radius 2 is 1.93 bits per heavy atom. The molecule has 0 aromatic heterocycles. The first-order valence-corrected chi connectivity index (χ1v) is 8.98. The van der Waals surface area contributed by atoms with Crippen molar-refractivity contribution in [3.63, 3.8) is 0 Å². The molecule has 2 aromatic carbocycles. The molecule has 8 heteroatoms. The number of carbonyl (C=O) groups is 1. The summed E-state index contributed by atoms with van der Waals surface area (Å²) in [6.07, 6.45) is 1.55. The molecule has 28 heavy (non-hydrogen) atoms. The summed E-state index contributed by atoms with van der Waals surface area (Å²) in [6, 6.07) is 11.3. The molecular weight excluding hydrogens is 364 g/mol. The molecule has 0 unspecified atom stereocenters. The van der Waals surface area contributed by atoms with Gasteiger partial charge in [-0.3, -0.25) is 19.8 Å². The Morgan fingerprint density at radius 1 is 1.21 bits per heavy atom. The second-order valence-electron chi connectivity index (χ2n) is 6.66. The number of ether oxygens (including phenoxy) is 2. The lowest BCUT2D eigenvalue weighted by Gasteiger charge is -2.21. The van der Waals surface area contributed by atoms with Crippen molar-refractivity contribution in [1.29, 1.82) is 0 Å². The summed E-state index contributed by atoms with van der Waals surface area (Å²) in [4.78, 5) is 23.6. The predicted molar refractivity (Wildman–Crippen MR) is 101 cm³/mol. The predicted octanol–water partition coefficient (Wildman–Crippen LogP) is 3.23. The molecule has 1 atom stereocenters. The summed E-state index contributed by atoms with van der Waals surface area (Å²) in [5.41, 5.74) is 1.79. The van der Waals surface area contributed by atoms with Crippen LogP contribution in [0.3, 0.4) is 0 Å². The molecule has 0 aliphatic carbocycles. The Balaban J connectivity index is 1.66. The van der Waals surface area contributed by atoms with E-state index in [0.29, 0.717) is 24.5 Å². The van der Waals surface area contributed by atoms with Gasteiger partial charge in [0, 0.05) is 18.7 Å². The van der Waals surface area contributed by atoms with Crippen LogP contribution < -0.4 is 9.47 Å². The molecule has 1 saturated heterocycles. The molecule has 1 aliphatic heterocycles. The molecule has 1 N–H and O–H groups in total. The van der Waals surface area contributed by atoms with Crippen molar-refractivity contribution in [2.75, 3.05) is 13.7 Å². The summed E-state index contributed by atoms with van der Waals surface area (Å²) in [5.74, 6) is 0.332. The molecule has 0 saturated carbocycles. The number of carboxylic acid groups (broad SMARTS) is 1.